The molecule has 0 radical (unpaired) electrons. The second-order valence-corrected chi connectivity index (χ2v) is 6.82. The Labute approximate surface area is 153 Å². The summed E-state index contributed by atoms with van der Waals surface area (Å²) in [6, 6.07) is 5.29. The number of aryl methyl sites for hydroxylation is 1. The summed E-state index contributed by atoms with van der Waals surface area (Å²) in [7, 11) is 0. The number of nitrogens with zero attached hydrogens (tertiary/aromatic N) is 3. The van der Waals surface area contributed by atoms with E-state index in [0.717, 1.165) is 17.7 Å². The van der Waals surface area contributed by atoms with Gasteiger partial charge in [0.15, 0.2) is 0 Å². The number of hydrogen-bond acceptors (Lipinski definition) is 4. The number of aromatic nitrogens is 3. The Morgan fingerprint density at radius 3 is 2.92 bits per heavy atom. The average molecular weight is 355 g/mol. The largest absolute Gasteiger partial charge is 0.346 e. The quantitative estimate of drug-likeness (QED) is 0.860. The van der Waals surface area contributed by atoms with Gasteiger partial charge < -0.3 is 10.6 Å². The molecule has 1 aliphatic heterocycles. The van der Waals surface area contributed by atoms with Crippen molar-refractivity contribution in [2.75, 3.05) is 0 Å². The fourth-order valence-electron chi connectivity index (χ4n) is 3.40. The first-order valence-corrected chi connectivity index (χ1v) is 9.08. The van der Waals surface area contributed by atoms with Crippen molar-refractivity contribution < 1.29 is 9.59 Å². The van der Waals surface area contributed by atoms with E-state index < -0.39 is 0 Å². The van der Waals surface area contributed by atoms with E-state index >= 15 is 0 Å². The van der Waals surface area contributed by atoms with Crippen LogP contribution in [0.25, 0.3) is 0 Å². The van der Waals surface area contributed by atoms with Gasteiger partial charge in [-0.15, -0.1) is 0 Å². The van der Waals surface area contributed by atoms with E-state index in [-0.39, 0.29) is 29.9 Å². The molecular weight excluding hydrogens is 330 g/mol. The highest BCUT2D eigenvalue weighted by atomic mass is 16.2. The minimum Gasteiger partial charge on any atom is -0.346 e. The zero-order valence-electron chi connectivity index (χ0n) is 15.4. The van der Waals surface area contributed by atoms with E-state index in [1.54, 1.807) is 12.4 Å². The maximum atomic E-state index is 12.8. The zero-order chi connectivity index (χ0) is 18.7. The Hall–Kier alpha value is -2.70. The van der Waals surface area contributed by atoms with Crippen molar-refractivity contribution >= 4 is 11.8 Å². The number of amides is 2. The fraction of sp³-hybridized carbons (Fsp3) is 0.474. The molecule has 2 N–H and O–H groups in total. The minimum absolute atomic E-state index is 0.0101. The second kappa shape index (κ2) is 7.68. The van der Waals surface area contributed by atoms with Gasteiger partial charge in [-0.1, -0.05) is 13.0 Å². The van der Waals surface area contributed by atoms with Gasteiger partial charge in [0, 0.05) is 24.9 Å². The van der Waals surface area contributed by atoms with Crippen LogP contribution in [0.5, 0.6) is 0 Å². The van der Waals surface area contributed by atoms with Gasteiger partial charge in [-0.2, -0.15) is 5.10 Å². The Bertz CT molecular complexity index is 799. The van der Waals surface area contributed by atoms with Crippen molar-refractivity contribution in [1.29, 1.82) is 0 Å². The van der Waals surface area contributed by atoms with E-state index in [1.165, 1.54) is 0 Å². The van der Waals surface area contributed by atoms with E-state index in [1.807, 2.05) is 43.7 Å². The molecule has 2 amide bonds. The molecule has 26 heavy (non-hydrogen) atoms. The maximum absolute atomic E-state index is 12.8. The van der Waals surface area contributed by atoms with Crippen LogP contribution in [0.3, 0.4) is 0 Å². The van der Waals surface area contributed by atoms with E-state index in [0.29, 0.717) is 18.5 Å². The van der Waals surface area contributed by atoms with E-state index in [4.69, 9.17) is 0 Å². The summed E-state index contributed by atoms with van der Waals surface area (Å²) in [5, 5.41) is 10.4. The summed E-state index contributed by atoms with van der Waals surface area (Å²) < 4.78 is 1.88. The van der Waals surface area contributed by atoms with E-state index in [2.05, 4.69) is 20.7 Å². The molecular formula is C19H25N5O2. The van der Waals surface area contributed by atoms with Gasteiger partial charge in [-0.05, 0) is 44.4 Å². The standard InChI is InChI=1S/C19H25N5O2/c1-4-13-6-5-10-20-17(13)19(26)22-14-7-8-16(25)23-18(14)15-9-11-21-24(15)12(2)3/h5-6,9-12,14,18H,4,7-8H2,1-3H3,(H,22,26)(H,23,25)/t14-,18-/m1/s1. The van der Waals surface area contributed by atoms with Crippen LogP contribution < -0.4 is 10.6 Å². The van der Waals surface area contributed by atoms with Crippen LogP contribution in [0.15, 0.2) is 30.6 Å². The van der Waals surface area contributed by atoms with Gasteiger partial charge >= 0.3 is 0 Å². The smallest absolute Gasteiger partial charge is 0.270 e. The number of hydrogen-bond donors (Lipinski definition) is 2. The molecule has 2 aromatic rings. The highest BCUT2D eigenvalue weighted by molar-refractivity contribution is 5.94. The summed E-state index contributed by atoms with van der Waals surface area (Å²) in [5.41, 5.74) is 2.26. The van der Waals surface area contributed by atoms with Crippen LogP contribution >= 0.6 is 0 Å². The molecule has 0 spiro atoms. The number of carbonyl (C=O) groups excluding carboxylic acids is 2. The molecule has 0 bridgehead atoms. The van der Waals surface area contributed by atoms with Crippen LogP contribution in [0, 0.1) is 0 Å². The van der Waals surface area contributed by atoms with Crippen LogP contribution in [0.2, 0.25) is 0 Å². The maximum Gasteiger partial charge on any atom is 0.270 e. The molecule has 0 unspecified atom stereocenters. The highest BCUT2D eigenvalue weighted by Crippen LogP contribution is 2.26. The summed E-state index contributed by atoms with van der Waals surface area (Å²) in [4.78, 5) is 29.0. The Kier molecular flexibility index (Phi) is 5.35. The third kappa shape index (κ3) is 3.61. The third-order valence-electron chi connectivity index (χ3n) is 4.71. The lowest BCUT2D eigenvalue weighted by Crippen LogP contribution is -2.51. The topological polar surface area (TPSA) is 88.9 Å². The summed E-state index contributed by atoms with van der Waals surface area (Å²) in [6.45, 7) is 6.07. The first-order valence-electron chi connectivity index (χ1n) is 9.08. The predicted molar refractivity (Wildman–Crippen MR) is 97.6 cm³/mol. The predicted octanol–water partition coefficient (Wildman–Crippen LogP) is 2.17. The van der Waals surface area contributed by atoms with Crippen LogP contribution in [0.4, 0.5) is 0 Å². The van der Waals surface area contributed by atoms with Gasteiger partial charge in [-0.3, -0.25) is 19.3 Å². The third-order valence-corrected chi connectivity index (χ3v) is 4.71. The van der Waals surface area contributed by atoms with Crippen molar-refractivity contribution in [3.05, 3.63) is 47.5 Å². The van der Waals surface area contributed by atoms with Crippen molar-refractivity contribution in [3.63, 3.8) is 0 Å². The van der Waals surface area contributed by atoms with E-state index in [9.17, 15) is 9.59 Å². The number of piperidine rings is 1. The summed E-state index contributed by atoms with van der Waals surface area (Å²) in [6.07, 6.45) is 5.06. The van der Waals surface area contributed by atoms with Crippen LogP contribution in [-0.4, -0.2) is 32.6 Å². The number of nitrogens with one attached hydrogen (secondary N) is 2. The number of pyridine rings is 1. The lowest BCUT2D eigenvalue weighted by Gasteiger charge is -2.33. The second-order valence-electron chi connectivity index (χ2n) is 6.82. The normalized spacial score (nSPS) is 20.1. The van der Waals surface area contributed by atoms with Crippen molar-refractivity contribution in [2.24, 2.45) is 0 Å². The highest BCUT2D eigenvalue weighted by Gasteiger charge is 2.34. The molecule has 7 nitrogen and oxygen atoms in total. The van der Waals surface area contributed by atoms with Gasteiger partial charge in [0.25, 0.3) is 5.91 Å². The lowest BCUT2D eigenvalue weighted by atomic mass is 9.94. The SMILES string of the molecule is CCc1cccnc1C(=O)N[C@@H]1CCC(=O)N[C@H]1c1ccnn1C(C)C. The molecule has 3 heterocycles. The first-order chi connectivity index (χ1) is 12.5. The minimum atomic E-state index is -0.307. The zero-order valence-corrected chi connectivity index (χ0v) is 15.4. The summed E-state index contributed by atoms with van der Waals surface area (Å²) >= 11 is 0. The van der Waals surface area contributed by atoms with Crippen LogP contribution in [-0.2, 0) is 11.2 Å². The average Bonchev–Trinajstić information content (AvgIpc) is 3.13. The molecule has 0 saturated carbocycles. The summed E-state index contributed by atoms with van der Waals surface area (Å²) in [5.74, 6) is -0.215. The molecule has 138 valence electrons. The van der Waals surface area contributed by atoms with Crippen molar-refractivity contribution in [2.45, 2.75) is 58.2 Å². The van der Waals surface area contributed by atoms with Gasteiger partial charge in [0.2, 0.25) is 5.91 Å². The molecule has 7 heteroatoms. The lowest BCUT2D eigenvalue weighted by molar-refractivity contribution is -0.124. The number of rotatable bonds is 5. The molecule has 0 aromatic carbocycles. The van der Waals surface area contributed by atoms with Gasteiger partial charge in [0.05, 0.1) is 17.8 Å². The molecule has 0 aliphatic carbocycles. The molecule has 2 aromatic heterocycles. The monoisotopic (exact) mass is 355 g/mol. The van der Waals surface area contributed by atoms with Gasteiger partial charge in [-0.25, -0.2) is 0 Å². The van der Waals surface area contributed by atoms with Crippen molar-refractivity contribution in [3.8, 4) is 0 Å². The van der Waals surface area contributed by atoms with Crippen molar-refractivity contribution in [1.82, 2.24) is 25.4 Å². The fourth-order valence-corrected chi connectivity index (χ4v) is 3.40. The Morgan fingerprint density at radius 2 is 2.19 bits per heavy atom. The molecule has 2 atom stereocenters. The molecule has 3 rings (SSSR count). The first kappa shape index (κ1) is 18.1. The molecule has 1 aliphatic rings. The Balaban J connectivity index is 1.86. The van der Waals surface area contributed by atoms with Crippen LogP contribution in [0.1, 0.15) is 67.4 Å². The van der Waals surface area contributed by atoms with Gasteiger partial charge in [0.1, 0.15) is 5.69 Å². The molecule has 1 saturated heterocycles. The Morgan fingerprint density at radius 1 is 1.38 bits per heavy atom. The molecule has 1 fully saturated rings. The number of carbonyl (C=O) groups is 2.